The van der Waals surface area contributed by atoms with Gasteiger partial charge in [0.25, 0.3) is 0 Å². The molecule has 0 saturated heterocycles. The smallest absolute Gasteiger partial charge is 0.306 e. The van der Waals surface area contributed by atoms with Gasteiger partial charge in [-0.3, -0.25) is 0 Å². The Hall–Kier alpha value is -0.480. The van der Waals surface area contributed by atoms with E-state index in [2.05, 4.69) is 4.98 Å². The molecule has 0 aromatic carbocycles. The first-order valence-corrected chi connectivity index (χ1v) is 6.06. The van der Waals surface area contributed by atoms with E-state index >= 15 is 0 Å². The van der Waals surface area contributed by atoms with Crippen LogP contribution in [-0.2, 0) is 17.5 Å². The van der Waals surface area contributed by atoms with Crippen LogP contribution in [0.2, 0.25) is 4.47 Å². The summed E-state index contributed by atoms with van der Waals surface area (Å²) in [6, 6.07) is 0. The van der Waals surface area contributed by atoms with Gasteiger partial charge in [-0.05, 0) is 0 Å². The lowest BCUT2D eigenvalue weighted by atomic mass is 10.5. The van der Waals surface area contributed by atoms with Crippen LogP contribution in [0, 0.1) is 11.5 Å². The largest absolute Gasteiger partial charge is 0.467 e. The lowest BCUT2D eigenvalue weighted by Crippen LogP contribution is -2.09. The van der Waals surface area contributed by atoms with Crippen LogP contribution in [-0.4, -0.2) is 19.7 Å². The van der Waals surface area contributed by atoms with Crippen molar-refractivity contribution in [1.29, 1.82) is 5.26 Å². The molecule has 1 aromatic rings. The maximum absolute atomic E-state index is 9.15. The van der Waals surface area contributed by atoms with E-state index in [0.717, 1.165) is 0 Å². The Morgan fingerprint density at radius 1 is 1.92 bits per heavy atom. The summed E-state index contributed by atoms with van der Waals surface area (Å²) in [6.07, 6.45) is 3.43. The monoisotopic (exact) mass is 236 g/mol. The molecule has 4 nitrogen and oxygen atoms in total. The van der Waals surface area contributed by atoms with Gasteiger partial charge in [0.2, 0.25) is 0 Å². The van der Waals surface area contributed by atoms with Crippen molar-refractivity contribution < 1.29 is 8.50 Å². The predicted octanol–water partition coefficient (Wildman–Crippen LogP) is 1.69. The molecule has 1 heterocycles. The van der Waals surface area contributed by atoms with Crippen molar-refractivity contribution >= 4 is 33.9 Å². The third kappa shape index (κ3) is 3.04. The molecule has 1 aromatic heterocycles. The molecule has 1 atom stereocenters. The van der Waals surface area contributed by atoms with Crippen molar-refractivity contribution in [3.8, 4) is 6.19 Å². The maximum Gasteiger partial charge on any atom is 0.467 e. The molecule has 0 radical (unpaired) electrons. The zero-order chi connectivity index (χ0) is 9.84. The topological polar surface area (TPSA) is 59.9 Å². The molecule has 1 unspecified atom stereocenters. The summed E-state index contributed by atoms with van der Waals surface area (Å²) < 4.78 is 10.8. The van der Waals surface area contributed by atoms with Gasteiger partial charge in [0.1, 0.15) is 11.0 Å². The van der Waals surface area contributed by atoms with Crippen LogP contribution in [0.3, 0.4) is 0 Å². The molecule has 0 bridgehead atoms. The first-order chi connectivity index (χ1) is 6.13. The van der Waals surface area contributed by atoms with E-state index in [9.17, 15) is 0 Å². The Kier molecular flexibility index (Phi) is 3.81. The van der Waals surface area contributed by atoms with Crippen molar-refractivity contribution in [2.75, 3.05) is 6.26 Å². The van der Waals surface area contributed by atoms with Crippen LogP contribution in [0.1, 0.15) is 5.69 Å². The van der Waals surface area contributed by atoms with Gasteiger partial charge in [-0.2, -0.15) is 0 Å². The zero-order valence-corrected chi connectivity index (χ0v) is 9.16. The molecule has 0 aliphatic carbocycles. The van der Waals surface area contributed by atoms with Crippen LogP contribution >= 0.6 is 22.9 Å². The predicted molar refractivity (Wildman–Crippen MR) is 52.6 cm³/mol. The molecule has 7 heteroatoms. The van der Waals surface area contributed by atoms with Gasteiger partial charge in [0, 0.05) is 11.6 Å². The van der Waals surface area contributed by atoms with Gasteiger partial charge in [-0.15, -0.1) is 15.3 Å². The molecule has 0 aliphatic rings. The van der Waals surface area contributed by atoms with Crippen LogP contribution < -0.4 is 0 Å². The Labute approximate surface area is 87.3 Å². The lowest BCUT2D eigenvalue weighted by molar-refractivity contribution is -0.433. The number of halogens is 1. The molecule has 0 saturated carbocycles. The Balaban J connectivity index is 2.81. The normalized spacial score (nSPS) is 13.5. The van der Waals surface area contributed by atoms with Crippen LogP contribution in [0.25, 0.3) is 0 Å². The molecule has 13 heavy (non-hydrogen) atoms. The van der Waals surface area contributed by atoms with Crippen molar-refractivity contribution in [3.63, 3.8) is 0 Å². The van der Waals surface area contributed by atoms with Gasteiger partial charge in [-0.25, -0.2) is 4.98 Å². The first-order valence-electron chi connectivity index (χ1n) is 3.26. The van der Waals surface area contributed by atoms with Gasteiger partial charge in [-0.1, -0.05) is 11.6 Å². The second-order valence-electron chi connectivity index (χ2n) is 2.18. The summed E-state index contributed by atoms with van der Waals surface area (Å²) in [7, 11) is -1.05. The Morgan fingerprint density at radius 2 is 2.62 bits per heavy atom. The minimum Gasteiger partial charge on any atom is -0.306 e. The maximum atomic E-state index is 9.15. The summed E-state index contributed by atoms with van der Waals surface area (Å²) >= 11 is 6.92. The van der Waals surface area contributed by atoms with E-state index in [0.29, 0.717) is 16.7 Å². The third-order valence-electron chi connectivity index (χ3n) is 1.26. The van der Waals surface area contributed by atoms with Crippen LogP contribution in [0.5, 0.6) is 0 Å². The highest BCUT2D eigenvalue weighted by Gasteiger charge is 2.08. The molecule has 0 amide bonds. The number of rotatable bonds is 2. The molecule has 0 spiro atoms. The quantitative estimate of drug-likeness (QED) is 0.483. The molecular weight excluding hydrogens is 230 g/mol. The number of thiazole rings is 1. The second kappa shape index (κ2) is 4.67. The van der Waals surface area contributed by atoms with Gasteiger partial charge in [0.15, 0.2) is 16.3 Å². The summed E-state index contributed by atoms with van der Waals surface area (Å²) in [5.41, 5.74) is 0.699. The summed E-state index contributed by atoms with van der Waals surface area (Å²) in [5.74, 6) is 0. The third-order valence-corrected chi connectivity index (χ3v) is 3.14. The first kappa shape index (κ1) is 10.6. The van der Waals surface area contributed by atoms with E-state index in [-0.39, 0.29) is 0 Å². The fourth-order valence-electron chi connectivity index (χ4n) is 0.690. The lowest BCUT2D eigenvalue weighted by Gasteiger charge is -1.93. The van der Waals surface area contributed by atoms with E-state index in [1.165, 1.54) is 15.3 Å². The molecule has 1 rings (SSSR count). The van der Waals surface area contributed by atoms with Crippen molar-refractivity contribution in [2.24, 2.45) is 0 Å². The molecule has 0 fully saturated rings. The van der Waals surface area contributed by atoms with E-state index in [1.807, 2.05) is 6.19 Å². The molecule has 1 N–H and O–H groups in total. The van der Waals surface area contributed by atoms with Gasteiger partial charge >= 0.3 is 6.19 Å². The van der Waals surface area contributed by atoms with Crippen LogP contribution in [0.4, 0.5) is 0 Å². The highest BCUT2D eigenvalue weighted by Crippen LogP contribution is 2.15. The summed E-state index contributed by atoms with van der Waals surface area (Å²) in [4.78, 5) is 3.97. The van der Waals surface area contributed by atoms with Gasteiger partial charge < -0.3 is 4.55 Å². The van der Waals surface area contributed by atoms with Gasteiger partial charge in [0.05, 0.1) is 5.69 Å². The minimum atomic E-state index is -1.05. The van der Waals surface area contributed by atoms with E-state index in [1.54, 1.807) is 11.6 Å². The minimum absolute atomic E-state index is 0.301. The molecular formula is C6H7ClN3OS2+. The number of hydrogen-bond acceptors (Lipinski definition) is 3. The number of aromatic nitrogens is 1. The highest BCUT2D eigenvalue weighted by molar-refractivity contribution is 7.78. The van der Waals surface area contributed by atoms with Crippen molar-refractivity contribution in [1.82, 2.24) is 4.98 Å². The molecule has 0 aliphatic heterocycles. The second-order valence-corrected chi connectivity index (χ2v) is 4.95. The summed E-state index contributed by atoms with van der Waals surface area (Å²) in [6.45, 7) is 0.301. The highest BCUT2D eigenvalue weighted by atomic mass is 35.5. The average Bonchev–Trinajstić information content (AvgIpc) is 2.46. The fraction of sp³-hybridized carbons (Fsp3) is 0.333. The average molecular weight is 237 g/mol. The molecule has 70 valence electrons. The van der Waals surface area contributed by atoms with Crippen molar-refractivity contribution in [3.05, 3.63) is 15.5 Å². The van der Waals surface area contributed by atoms with Crippen LogP contribution in [0.15, 0.2) is 5.38 Å². The number of hydrogen-bond donors (Lipinski definition) is 1. The fourth-order valence-corrected chi connectivity index (χ4v) is 1.90. The SMILES string of the molecule is CS(O)=[N+](C#N)Cc1csc(Cl)n1. The standard InChI is InChI=1S/C6H6ClN3OS2/c1-13(11)10(4-8)2-5-3-12-6(7)9-5/h3H,2H2,1H3/p+1. The Bertz CT molecular complexity index is 377. The zero-order valence-electron chi connectivity index (χ0n) is 6.77. The number of nitriles is 1. The van der Waals surface area contributed by atoms with E-state index in [4.69, 9.17) is 21.4 Å². The number of nitrogens with zero attached hydrogens (tertiary/aromatic N) is 3. The Morgan fingerprint density at radius 3 is 3.00 bits per heavy atom. The summed E-state index contributed by atoms with van der Waals surface area (Å²) in [5, 5.41) is 10.4. The van der Waals surface area contributed by atoms with Crippen molar-refractivity contribution in [2.45, 2.75) is 6.54 Å². The van der Waals surface area contributed by atoms with E-state index < -0.39 is 11.0 Å².